The van der Waals surface area contributed by atoms with Crippen molar-refractivity contribution in [1.82, 2.24) is 9.97 Å². The van der Waals surface area contributed by atoms with E-state index in [2.05, 4.69) is 15.3 Å². The minimum atomic E-state index is -0.466. The summed E-state index contributed by atoms with van der Waals surface area (Å²) in [7, 11) is 0. The summed E-state index contributed by atoms with van der Waals surface area (Å²) in [6, 6.07) is 5.09. The Kier molecular flexibility index (Phi) is 5.98. The zero-order valence-corrected chi connectivity index (χ0v) is 16.4. The first-order valence-electron chi connectivity index (χ1n) is 8.42. The normalized spacial score (nSPS) is 19.8. The first-order chi connectivity index (χ1) is 12.8. The van der Waals surface area contributed by atoms with Crippen LogP contribution in [0.15, 0.2) is 24.5 Å². The first-order valence-corrected chi connectivity index (χ1v) is 9.18. The Morgan fingerprint density at radius 1 is 1.30 bits per heavy atom. The summed E-state index contributed by atoms with van der Waals surface area (Å²) in [5.41, 5.74) is 0.591. The molecule has 1 aromatic heterocycles. The van der Waals surface area contributed by atoms with Gasteiger partial charge in [-0.05, 0) is 31.5 Å². The number of nitro groups is 1. The van der Waals surface area contributed by atoms with Crippen LogP contribution >= 0.6 is 23.2 Å². The third kappa shape index (κ3) is 4.58. The van der Waals surface area contributed by atoms with Crippen LogP contribution in [0.1, 0.15) is 19.4 Å². The summed E-state index contributed by atoms with van der Waals surface area (Å²) in [5, 5.41) is 15.7. The molecule has 2 atom stereocenters. The number of hydrogen-bond acceptors (Lipinski definition) is 7. The monoisotopic (exact) mass is 411 g/mol. The van der Waals surface area contributed by atoms with Gasteiger partial charge in [-0.15, -0.1) is 0 Å². The standard InChI is InChI=1S/C17H19Cl2N5O3/c1-10-7-23(8-11(2)27-10)17-15(24(25)26)16(21-9-22-17)20-6-12-3-4-13(18)5-14(12)19/h3-5,9-11H,6-8H2,1-2H3,(H,20,21,22). The first kappa shape index (κ1) is 19.6. The Hall–Kier alpha value is -2.16. The van der Waals surface area contributed by atoms with Crippen LogP contribution in [0.5, 0.6) is 0 Å². The maximum absolute atomic E-state index is 11.8. The molecular weight excluding hydrogens is 393 g/mol. The van der Waals surface area contributed by atoms with Crippen molar-refractivity contribution in [3.8, 4) is 0 Å². The lowest BCUT2D eigenvalue weighted by molar-refractivity contribution is -0.383. The van der Waals surface area contributed by atoms with Crippen molar-refractivity contribution in [2.24, 2.45) is 0 Å². The molecule has 1 aromatic carbocycles. The Labute approximate surface area is 166 Å². The maximum atomic E-state index is 11.8. The highest BCUT2D eigenvalue weighted by Gasteiger charge is 2.31. The van der Waals surface area contributed by atoms with E-state index < -0.39 is 4.92 Å². The summed E-state index contributed by atoms with van der Waals surface area (Å²) in [5.74, 6) is 0.421. The van der Waals surface area contributed by atoms with Crippen LogP contribution in [0, 0.1) is 10.1 Å². The molecule has 3 rings (SSSR count). The number of nitrogens with one attached hydrogen (secondary N) is 1. The second-order valence-corrected chi connectivity index (χ2v) is 7.25. The summed E-state index contributed by atoms with van der Waals surface area (Å²) in [6.07, 6.45) is 1.22. The molecule has 0 aliphatic carbocycles. The van der Waals surface area contributed by atoms with E-state index in [-0.39, 0.29) is 36.1 Å². The molecule has 1 aliphatic rings. The number of benzene rings is 1. The second kappa shape index (κ2) is 8.24. The lowest BCUT2D eigenvalue weighted by Crippen LogP contribution is -2.46. The third-order valence-electron chi connectivity index (χ3n) is 4.17. The molecule has 1 aliphatic heterocycles. The van der Waals surface area contributed by atoms with E-state index in [1.54, 1.807) is 18.2 Å². The molecule has 0 bridgehead atoms. The van der Waals surface area contributed by atoms with Gasteiger partial charge in [-0.3, -0.25) is 10.1 Å². The van der Waals surface area contributed by atoms with E-state index in [9.17, 15) is 10.1 Å². The van der Waals surface area contributed by atoms with Crippen LogP contribution in [0.4, 0.5) is 17.3 Å². The topological polar surface area (TPSA) is 93.4 Å². The van der Waals surface area contributed by atoms with Crippen molar-refractivity contribution in [3.63, 3.8) is 0 Å². The fourth-order valence-electron chi connectivity index (χ4n) is 3.09. The molecule has 2 unspecified atom stereocenters. The predicted octanol–water partition coefficient (Wildman–Crippen LogP) is 3.92. The van der Waals surface area contributed by atoms with Gasteiger partial charge in [0.1, 0.15) is 6.33 Å². The molecule has 1 saturated heterocycles. The van der Waals surface area contributed by atoms with Crippen molar-refractivity contribution in [2.45, 2.75) is 32.6 Å². The van der Waals surface area contributed by atoms with Crippen LogP contribution < -0.4 is 10.2 Å². The number of nitrogens with zero attached hydrogens (tertiary/aromatic N) is 4. The molecule has 0 radical (unpaired) electrons. The molecule has 27 heavy (non-hydrogen) atoms. The minimum Gasteiger partial charge on any atom is -0.372 e. The van der Waals surface area contributed by atoms with Crippen molar-refractivity contribution >= 4 is 40.5 Å². The highest BCUT2D eigenvalue weighted by Crippen LogP contribution is 2.34. The Morgan fingerprint density at radius 3 is 2.63 bits per heavy atom. The average Bonchev–Trinajstić information content (AvgIpc) is 2.59. The van der Waals surface area contributed by atoms with E-state index >= 15 is 0 Å². The van der Waals surface area contributed by atoms with E-state index in [0.29, 0.717) is 23.1 Å². The van der Waals surface area contributed by atoms with Gasteiger partial charge in [-0.25, -0.2) is 9.97 Å². The summed E-state index contributed by atoms with van der Waals surface area (Å²) < 4.78 is 5.70. The molecule has 0 saturated carbocycles. The van der Waals surface area contributed by atoms with E-state index in [4.69, 9.17) is 27.9 Å². The van der Waals surface area contributed by atoms with Gasteiger partial charge in [0.15, 0.2) is 0 Å². The maximum Gasteiger partial charge on any atom is 0.353 e. The summed E-state index contributed by atoms with van der Waals surface area (Å²) >= 11 is 12.1. The van der Waals surface area contributed by atoms with Crippen molar-refractivity contribution in [3.05, 3.63) is 50.2 Å². The SMILES string of the molecule is CC1CN(c2ncnc(NCc3ccc(Cl)cc3Cl)c2[N+](=O)[O-])CC(C)O1. The molecule has 2 aromatic rings. The lowest BCUT2D eigenvalue weighted by atomic mass is 10.2. The van der Waals surface area contributed by atoms with Gasteiger partial charge in [0, 0.05) is 29.7 Å². The smallest absolute Gasteiger partial charge is 0.353 e. The fourth-order valence-corrected chi connectivity index (χ4v) is 3.57. The van der Waals surface area contributed by atoms with Gasteiger partial charge < -0.3 is 15.0 Å². The van der Waals surface area contributed by atoms with Gasteiger partial charge in [-0.1, -0.05) is 29.3 Å². The zero-order valence-electron chi connectivity index (χ0n) is 14.9. The third-order valence-corrected chi connectivity index (χ3v) is 4.75. The quantitative estimate of drug-likeness (QED) is 0.588. The van der Waals surface area contributed by atoms with Gasteiger partial charge >= 0.3 is 5.69 Å². The number of hydrogen-bond donors (Lipinski definition) is 1. The molecule has 1 N–H and O–H groups in total. The zero-order chi connectivity index (χ0) is 19.6. The minimum absolute atomic E-state index is 0.0485. The number of halogens is 2. The van der Waals surface area contributed by atoms with Gasteiger partial charge in [0.05, 0.1) is 17.1 Å². The van der Waals surface area contributed by atoms with E-state index in [1.165, 1.54) is 6.33 Å². The molecular formula is C17H19Cl2N5O3. The van der Waals surface area contributed by atoms with Crippen LogP contribution in [0.25, 0.3) is 0 Å². The number of ether oxygens (including phenoxy) is 1. The number of anilines is 2. The predicted molar refractivity (Wildman–Crippen MR) is 105 cm³/mol. The number of aromatic nitrogens is 2. The summed E-state index contributed by atoms with van der Waals surface area (Å²) in [6.45, 7) is 5.16. The molecule has 8 nitrogen and oxygen atoms in total. The van der Waals surface area contributed by atoms with E-state index in [1.807, 2.05) is 18.7 Å². The highest BCUT2D eigenvalue weighted by atomic mass is 35.5. The average molecular weight is 412 g/mol. The van der Waals surface area contributed by atoms with Crippen LogP contribution in [0.2, 0.25) is 10.0 Å². The van der Waals surface area contributed by atoms with Crippen LogP contribution in [0.3, 0.4) is 0 Å². The number of morpholine rings is 1. The molecule has 10 heteroatoms. The van der Waals surface area contributed by atoms with Crippen molar-refractivity contribution in [2.75, 3.05) is 23.3 Å². The van der Waals surface area contributed by atoms with Gasteiger partial charge in [0.2, 0.25) is 11.6 Å². The number of rotatable bonds is 5. The second-order valence-electron chi connectivity index (χ2n) is 6.40. The Balaban J connectivity index is 1.88. The lowest BCUT2D eigenvalue weighted by Gasteiger charge is -2.35. The Morgan fingerprint density at radius 2 is 2.00 bits per heavy atom. The van der Waals surface area contributed by atoms with Gasteiger partial charge in [-0.2, -0.15) is 0 Å². The molecule has 1 fully saturated rings. The largest absolute Gasteiger partial charge is 0.372 e. The highest BCUT2D eigenvalue weighted by molar-refractivity contribution is 6.35. The molecule has 2 heterocycles. The van der Waals surface area contributed by atoms with Crippen molar-refractivity contribution in [1.29, 1.82) is 0 Å². The van der Waals surface area contributed by atoms with E-state index in [0.717, 1.165) is 5.56 Å². The molecule has 0 spiro atoms. The van der Waals surface area contributed by atoms with Crippen LogP contribution in [-0.4, -0.2) is 40.2 Å². The molecule has 144 valence electrons. The van der Waals surface area contributed by atoms with Gasteiger partial charge in [0.25, 0.3) is 0 Å². The summed E-state index contributed by atoms with van der Waals surface area (Å²) in [4.78, 5) is 21.4. The van der Waals surface area contributed by atoms with Crippen LogP contribution in [-0.2, 0) is 11.3 Å². The fraction of sp³-hybridized carbons (Fsp3) is 0.412. The van der Waals surface area contributed by atoms with Crippen molar-refractivity contribution < 1.29 is 9.66 Å². The molecule has 0 amide bonds. The Bertz CT molecular complexity index is 841.